The van der Waals surface area contributed by atoms with E-state index in [0.717, 1.165) is 31.6 Å². The fraction of sp³-hybridized carbons (Fsp3) is 0.538. The van der Waals surface area contributed by atoms with Crippen LogP contribution >= 0.6 is 15.9 Å². The SMILES string of the molecule is OC(CCC1CCCO1)c1cc(F)c(Br)cc1F. The van der Waals surface area contributed by atoms with Gasteiger partial charge in [0.05, 0.1) is 16.7 Å². The number of aliphatic hydroxyl groups excluding tert-OH is 1. The highest BCUT2D eigenvalue weighted by molar-refractivity contribution is 9.10. The van der Waals surface area contributed by atoms with Crippen LogP contribution in [0.1, 0.15) is 37.4 Å². The summed E-state index contributed by atoms with van der Waals surface area (Å²) >= 11 is 2.91. The van der Waals surface area contributed by atoms with E-state index >= 15 is 0 Å². The molecule has 1 heterocycles. The highest BCUT2D eigenvalue weighted by Crippen LogP contribution is 2.28. The molecule has 2 rings (SSSR count). The number of halogens is 3. The van der Waals surface area contributed by atoms with Gasteiger partial charge in [-0.1, -0.05) is 0 Å². The van der Waals surface area contributed by atoms with E-state index in [2.05, 4.69) is 15.9 Å². The minimum Gasteiger partial charge on any atom is -0.388 e. The van der Waals surface area contributed by atoms with Crippen LogP contribution in [0.5, 0.6) is 0 Å². The van der Waals surface area contributed by atoms with Crippen LogP contribution in [0.4, 0.5) is 8.78 Å². The number of benzene rings is 1. The molecule has 5 heteroatoms. The summed E-state index contributed by atoms with van der Waals surface area (Å²) in [7, 11) is 0. The van der Waals surface area contributed by atoms with Gasteiger partial charge in [0, 0.05) is 12.2 Å². The molecule has 1 aromatic rings. The maximum absolute atomic E-state index is 13.6. The summed E-state index contributed by atoms with van der Waals surface area (Å²) in [6.07, 6.45) is 2.20. The van der Waals surface area contributed by atoms with Gasteiger partial charge in [0.15, 0.2) is 0 Å². The Hall–Kier alpha value is -0.520. The topological polar surface area (TPSA) is 29.5 Å². The molecule has 0 saturated carbocycles. The quantitative estimate of drug-likeness (QED) is 0.857. The van der Waals surface area contributed by atoms with Gasteiger partial charge in [-0.25, -0.2) is 8.78 Å². The van der Waals surface area contributed by atoms with Gasteiger partial charge in [0.2, 0.25) is 0 Å². The van der Waals surface area contributed by atoms with Crippen LogP contribution in [0.25, 0.3) is 0 Å². The maximum Gasteiger partial charge on any atom is 0.137 e. The average Bonchev–Trinajstić information content (AvgIpc) is 2.84. The summed E-state index contributed by atoms with van der Waals surface area (Å²) in [5.74, 6) is -1.16. The predicted octanol–water partition coefficient (Wildman–Crippen LogP) is 3.72. The third kappa shape index (κ3) is 3.28. The molecule has 0 radical (unpaired) electrons. The normalized spacial score (nSPS) is 21.2. The van der Waals surface area contributed by atoms with Crippen LogP contribution in [0.2, 0.25) is 0 Å². The molecule has 2 nitrogen and oxygen atoms in total. The van der Waals surface area contributed by atoms with Crippen molar-refractivity contribution in [3.63, 3.8) is 0 Å². The number of rotatable bonds is 4. The number of hydrogen-bond donors (Lipinski definition) is 1. The second kappa shape index (κ2) is 6.08. The molecule has 1 fully saturated rings. The van der Waals surface area contributed by atoms with Gasteiger partial charge in [-0.05, 0) is 53.7 Å². The van der Waals surface area contributed by atoms with E-state index in [4.69, 9.17) is 4.74 Å². The number of aliphatic hydroxyl groups is 1. The Morgan fingerprint density at radius 3 is 2.83 bits per heavy atom. The van der Waals surface area contributed by atoms with Gasteiger partial charge < -0.3 is 9.84 Å². The lowest BCUT2D eigenvalue weighted by atomic mass is 10.0. The van der Waals surface area contributed by atoms with Crippen LogP contribution < -0.4 is 0 Å². The van der Waals surface area contributed by atoms with E-state index in [0.29, 0.717) is 12.8 Å². The Morgan fingerprint density at radius 1 is 1.39 bits per heavy atom. The molecule has 0 bridgehead atoms. The molecule has 1 N–H and O–H groups in total. The lowest BCUT2D eigenvalue weighted by Gasteiger charge is -2.15. The van der Waals surface area contributed by atoms with E-state index in [1.165, 1.54) is 0 Å². The highest BCUT2D eigenvalue weighted by atomic mass is 79.9. The minimum atomic E-state index is -0.989. The monoisotopic (exact) mass is 320 g/mol. The number of ether oxygens (including phenoxy) is 1. The van der Waals surface area contributed by atoms with E-state index in [1.807, 2.05) is 0 Å². The third-order valence-electron chi connectivity index (χ3n) is 3.18. The zero-order valence-corrected chi connectivity index (χ0v) is 11.4. The second-order valence-electron chi connectivity index (χ2n) is 4.52. The number of hydrogen-bond acceptors (Lipinski definition) is 2. The zero-order chi connectivity index (χ0) is 13.1. The highest BCUT2D eigenvalue weighted by Gasteiger charge is 2.20. The van der Waals surface area contributed by atoms with Gasteiger partial charge >= 0.3 is 0 Å². The van der Waals surface area contributed by atoms with E-state index in [1.54, 1.807) is 0 Å². The van der Waals surface area contributed by atoms with Crippen LogP contribution in [0.3, 0.4) is 0 Å². The molecule has 1 aromatic carbocycles. The van der Waals surface area contributed by atoms with E-state index < -0.39 is 17.7 Å². The lowest BCUT2D eigenvalue weighted by molar-refractivity contribution is 0.0802. The predicted molar refractivity (Wildman–Crippen MR) is 67.2 cm³/mol. The summed E-state index contributed by atoms with van der Waals surface area (Å²) in [5, 5.41) is 9.90. The molecular formula is C13H15BrF2O2. The smallest absolute Gasteiger partial charge is 0.137 e. The van der Waals surface area contributed by atoms with Gasteiger partial charge in [-0.3, -0.25) is 0 Å². The van der Waals surface area contributed by atoms with Crippen molar-refractivity contribution < 1.29 is 18.6 Å². The van der Waals surface area contributed by atoms with Crippen molar-refractivity contribution in [3.8, 4) is 0 Å². The molecule has 100 valence electrons. The van der Waals surface area contributed by atoms with Crippen LogP contribution in [0.15, 0.2) is 16.6 Å². The van der Waals surface area contributed by atoms with Crippen molar-refractivity contribution in [2.75, 3.05) is 6.61 Å². The molecule has 2 unspecified atom stereocenters. The van der Waals surface area contributed by atoms with Crippen molar-refractivity contribution in [3.05, 3.63) is 33.8 Å². The third-order valence-corrected chi connectivity index (χ3v) is 3.79. The zero-order valence-electron chi connectivity index (χ0n) is 9.83. The molecule has 0 aromatic heterocycles. The summed E-state index contributed by atoms with van der Waals surface area (Å²) < 4.78 is 32.4. The Balaban J connectivity index is 1.99. The fourth-order valence-electron chi connectivity index (χ4n) is 2.16. The van der Waals surface area contributed by atoms with Crippen molar-refractivity contribution in [2.24, 2.45) is 0 Å². The van der Waals surface area contributed by atoms with Gasteiger partial charge in [-0.15, -0.1) is 0 Å². The molecule has 2 atom stereocenters. The molecule has 0 amide bonds. The van der Waals surface area contributed by atoms with Crippen molar-refractivity contribution in [2.45, 2.75) is 37.9 Å². The van der Waals surface area contributed by atoms with Crippen molar-refractivity contribution in [1.29, 1.82) is 0 Å². The van der Waals surface area contributed by atoms with E-state index in [-0.39, 0.29) is 16.1 Å². The second-order valence-corrected chi connectivity index (χ2v) is 5.37. The minimum absolute atomic E-state index is 0.00805. The Bertz CT molecular complexity index is 420. The Kier molecular flexibility index (Phi) is 4.70. The first-order chi connectivity index (χ1) is 8.58. The van der Waals surface area contributed by atoms with Gasteiger partial charge in [0.1, 0.15) is 11.6 Å². The van der Waals surface area contributed by atoms with Gasteiger partial charge in [0.25, 0.3) is 0 Å². The summed E-state index contributed by atoms with van der Waals surface area (Å²) in [6, 6.07) is 2.08. The van der Waals surface area contributed by atoms with Gasteiger partial charge in [-0.2, -0.15) is 0 Å². The maximum atomic E-state index is 13.6. The van der Waals surface area contributed by atoms with Crippen LogP contribution in [-0.2, 0) is 4.74 Å². The molecule has 0 aliphatic carbocycles. The van der Waals surface area contributed by atoms with E-state index in [9.17, 15) is 13.9 Å². The Labute approximate surface area is 113 Å². The van der Waals surface area contributed by atoms with Crippen LogP contribution in [0, 0.1) is 11.6 Å². The first kappa shape index (κ1) is 13.9. The molecular weight excluding hydrogens is 306 g/mol. The first-order valence-corrected chi connectivity index (χ1v) is 6.81. The molecule has 18 heavy (non-hydrogen) atoms. The summed E-state index contributed by atoms with van der Waals surface area (Å²) in [6.45, 7) is 0.752. The van der Waals surface area contributed by atoms with Crippen molar-refractivity contribution in [1.82, 2.24) is 0 Å². The summed E-state index contributed by atoms with van der Waals surface area (Å²) in [5.41, 5.74) is 0.00805. The fourth-order valence-corrected chi connectivity index (χ4v) is 2.48. The first-order valence-electron chi connectivity index (χ1n) is 6.02. The average molecular weight is 321 g/mol. The molecule has 1 saturated heterocycles. The lowest BCUT2D eigenvalue weighted by Crippen LogP contribution is -2.09. The van der Waals surface area contributed by atoms with Crippen LogP contribution in [-0.4, -0.2) is 17.8 Å². The molecule has 1 aliphatic rings. The standard InChI is InChI=1S/C13H15BrF2O2/c14-10-7-11(15)9(6-12(10)16)13(17)4-3-8-2-1-5-18-8/h6-8,13,17H,1-5H2. The van der Waals surface area contributed by atoms with Crippen molar-refractivity contribution >= 4 is 15.9 Å². The molecule has 1 aliphatic heterocycles. The summed E-state index contributed by atoms with van der Waals surface area (Å²) in [4.78, 5) is 0. The Morgan fingerprint density at radius 2 is 2.17 bits per heavy atom. The molecule has 0 spiro atoms. The largest absolute Gasteiger partial charge is 0.388 e.